The standard InChI is InChI=1S/C3H5NO2.Na.H/c1-2-3(5)6-4;;/h2H,1,4H2;;/q;+1;-1. The average Bonchev–Trinajstić information content (AvgIpc) is 1.65. The SMILES string of the molecule is C=CC(=O)ON.[H-].[Na+]. The molecule has 0 amide bonds. The van der Waals surface area contributed by atoms with Crippen LogP contribution in [-0.4, -0.2) is 5.97 Å². The van der Waals surface area contributed by atoms with E-state index in [0.717, 1.165) is 6.08 Å². The quantitative estimate of drug-likeness (QED) is 0.219. The summed E-state index contributed by atoms with van der Waals surface area (Å²) in [5, 5.41) is 0. The van der Waals surface area contributed by atoms with Crippen molar-refractivity contribution in [3.05, 3.63) is 12.7 Å². The van der Waals surface area contributed by atoms with Crippen molar-refractivity contribution in [2.45, 2.75) is 0 Å². The molecule has 0 aliphatic carbocycles. The van der Waals surface area contributed by atoms with Crippen LogP contribution in [-0.2, 0) is 9.63 Å². The largest absolute Gasteiger partial charge is 1.00 e. The van der Waals surface area contributed by atoms with Crippen LogP contribution in [0.5, 0.6) is 0 Å². The molecule has 2 N–H and O–H groups in total. The predicted molar refractivity (Wildman–Crippen MR) is 21.6 cm³/mol. The normalized spacial score (nSPS) is 5.86. The maximum atomic E-state index is 9.72. The number of hydrogen-bond donors (Lipinski definition) is 1. The van der Waals surface area contributed by atoms with E-state index in [0.29, 0.717) is 0 Å². The fraction of sp³-hybridized carbons (Fsp3) is 0. The molecule has 0 aromatic rings. The van der Waals surface area contributed by atoms with Crippen LogP contribution in [0.15, 0.2) is 12.7 Å². The Hall–Kier alpha value is 0.170. The summed E-state index contributed by atoms with van der Waals surface area (Å²) in [6.07, 6.45) is 0.986. The zero-order chi connectivity index (χ0) is 4.99. The van der Waals surface area contributed by atoms with Crippen molar-refractivity contribution < 1.29 is 40.6 Å². The van der Waals surface area contributed by atoms with Crippen LogP contribution in [0.25, 0.3) is 0 Å². The van der Waals surface area contributed by atoms with Gasteiger partial charge in [-0.1, -0.05) is 6.58 Å². The van der Waals surface area contributed by atoms with Gasteiger partial charge in [-0.15, -0.1) is 0 Å². The first kappa shape index (κ1) is 10.2. The predicted octanol–water partition coefficient (Wildman–Crippen LogP) is -3.29. The van der Waals surface area contributed by atoms with E-state index in [-0.39, 0.29) is 31.0 Å². The first-order valence-electron chi connectivity index (χ1n) is 1.34. The molecule has 0 saturated heterocycles. The molecule has 0 aliphatic rings. The fourth-order valence-electron chi connectivity index (χ4n) is 0.0481. The molecule has 0 aromatic carbocycles. The molecule has 0 aromatic heterocycles. The van der Waals surface area contributed by atoms with Crippen LogP contribution in [0.1, 0.15) is 1.43 Å². The Morgan fingerprint density at radius 1 is 2.00 bits per heavy atom. The Morgan fingerprint density at radius 2 is 2.43 bits per heavy atom. The van der Waals surface area contributed by atoms with E-state index < -0.39 is 5.97 Å². The topological polar surface area (TPSA) is 52.3 Å². The van der Waals surface area contributed by atoms with Crippen LogP contribution < -0.4 is 35.5 Å². The minimum Gasteiger partial charge on any atom is -1.00 e. The number of rotatable bonds is 1. The van der Waals surface area contributed by atoms with Gasteiger partial charge in [-0.3, -0.25) is 0 Å². The molecule has 7 heavy (non-hydrogen) atoms. The molecule has 36 valence electrons. The van der Waals surface area contributed by atoms with Gasteiger partial charge >= 0.3 is 35.5 Å². The Bertz CT molecular complexity index is 77.7. The van der Waals surface area contributed by atoms with Gasteiger partial charge in [0.25, 0.3) is 0 Å². The molecule has 0 radical (unpaired) electrons. The molecule has 0 rings (SSSR count). The van der Waals surface area contributed by atoms with E-state index in [1.165, 1.54) is 0 Å². The first-order valence-corrected chi connectivity index (χ1v) is 1.34. The van der Waals surface area contributed by atoms with Gasteiger partial charge in [0.1, 0.15) is 0 Å². The Kier molecular flexibility index (Phi) is 9.00. The molecule has 0 atom stereocenters. The summed E-state index contributed by atoms with van der Waals surface area (Å²) in [4.78, 5) is 13.4. The van der Waals surface area contributed by atoms with Crippen LogP contribution >= 0.6 is 0 Å². The van der Waals surface area contributed by atoms with Crippen LogP contribution in [0.4, 0.5) is 0 Å². The molecular formula is C3H6NNaO2. The van der Waals surface area contributed by atoms with E-state index in [1.807, 2.05) is 0 Å². The van der Waals surface area contributed by atoms with E-state index in [2.05, 4.69) is 17.3 Å². The molecule has 0 saturated carbocycles. The third-order valence-corrected chi connectivity index (χ3v) is 0.283. The molecule has 0 spiro atoms. The van der Waals surface area contributed by atoms with Crippen molar-refractivity contribution in [2.75, 3.05) is 0 Å². The molecule has 0 fully saturated rings. The number of carbonyl (C=O) groups excluding carboxylic acids is 1. The molecule has 0 aliphatic heterocycles. The maximum absolute atomic E-state index is 9.72. The number of carbonyl (C=O) groups is 1. The zero-order valence-corrected chi connectivity index (χ0v) is 6.18. The van der Waals surface area contributed by atoms with Crippen molar-refractivity contribution in [2.24, 2.45) is 5.90 Å². The second kappa shape index (κ2) is 6.17. The average molecular weight is 111 g/mol. The van der Waals surface area contributed by atoms with Crippen LogP contribution in [0.2, 0.25) is 0 Å². The zero-order valence-electron chi connectivity index (χ0n) is 5.18. The van der Waals surface area contributed by atoms with Crippen molar-refractivity contribution in [3.63, 3.8) is 0 Å². The Morgan fingerprint density at radius 3 is 2.43 bits per heavy atom. The van der Waals surface area contributed by atoms with E-state index in [9.17, 15) is 4.79 Å². The van der Waals surface area contributed by atoms with Gasteiger partial charge in [0.15, 0.2) is 0 Å². The van der Waals surface area contributed by atoms with Crippen LogP contribution in [0.3, 0.4) is 0 Å². The summed E-state index contributed by atoms with van der Waals surface area (Å²) in [6, 6.07) is 0. The van der Waals surface area contributed by atoms with Crippen LogP contribution in [0, 0.1) is 0 Å². The van der Waals surface area contributed by atoms with Gasteiger partial charge in [0.2, 0.25) is 0 Å². The van der Waals surface area contributed by atoms with E-state index in [1.54, 1.807) is 0 Å². The third kappa shape index (κ3) is 6.17. The molecule has 0 heterocycles. The minimum atomic E-state index is -0.616. The van der Waals surface area contributed by atoms with Gasteiger partial charge in [-0.25, -0.2) is 4.79 Å². The van der Waals surface area contributed by atoms with E-state index >= 15 is 0 Å². The molecule has 0 unspecified atom stereocenters. The second-order valence-electron chi connectivity index (χ2n) is 0.641. The van der Waals surface area contributed by atoms with Gasteiger partial charge in [-0.2, -0.15) is 5.90 Å². The minimum absolute atomic E-state index is 0. The molecule has 4 heteroatoms. The summed E-state index contributed by atoms with van der Waals surface area (Å²) >= 11 is 0. The second-order valence-corrected chi connectivity index (χ2v) is 0.641. The maximum Gasteiger partial charge on any atom is 1.00 e. The van der Waals surface area contributed by atoms with Gasteiger partial charge < -0.3 is 6.26 Å². The van der Waals surface area contributed by atoms with Crippen molar-refractivity contribution in [1.82, 2.24) is 0 Å². The first-order chi connectivity index (χ1) is 2.81. The van der Waals surface area contributed by atoms with Crippen molar-refractivity contribution >= 4 is 5.97 Å². The number of nitrogens with two attached hydrogens (primary N) is 1. The van der Waals surface area contributed by atoms with Gasteiger partial charge in [-0.05, 0) is 0 Å². The molecule has 3 nitrogen and oxygen atoms in total. The van der Waals surface area contributed by atoms with Crippen molar-refractivity contribution in [3.8, 4) is 0 Å². The summed E-state index contributed by atoms with van der Waals surface area (Å²) in [5.74, 6) is 3.75. The van der Waals surface area contributed by atoms with E-state index in [4.69, 9.17) is 0 Å². The summed E-state index contributed by atoms with van der Waals surface area (Å²) in [7, 11) is 0. The smallest absolute Gasteiger partial charge is 1.00 e. The van der Waals surface area contributed by atoms with Gasteiger partial charge in [0.05, 0.1) is 0 Å². The number of hydrogen-bond acceptors (Lipinski definition) is 3. The fourth-order valence-corrected chi connectivity index (χ4v) is 0.0481. The summed E-state index contributed by atoms with van der Waals surface area (Å²) < 4.78 is 0. The van der Waals surface area contributed by atoms with Crippen molar-refractivity contribution in [1.29, 1.82) is 0 Å². The third-order valence-electron chi connectivity index (χ3n) is 0.283. The molecule has 0 bridgehead atoms. The van der Waals surface area contributed by atoms with Gasteiger partial charge in [0, 0.05) is 6.08 Å². The molecular weight excluding hydrogens is 105 g/mol. The summed E-state index contributed by atoms with van der Waals surface area (Å²) in [5.41, 5.74) is 0. The summed E-state index contributed by atoms with van der Waals surface area (Å²) in [6.45, 7) is 3.08. The Balaban J connectivity index is -0.000000125. The monoisotopic (exact) mass is 111 g/mol. The Labute approximate surface area is 65.2 Å².